The number of nitrogens with one attached hydrogen (secondary N) is 1. The molecular formula is C42H45N3O8. The first-order chi connectivity index (χ1) is 25.9. The number of unbranched alkanes of at least 4 members (excludes halogenated alkanes) is 2. The molecule has 0 radical (unpaired) electrons. The zero-order chi connectivity index (χ0) is 37.2. The molecule has 1 fully saturated rings. The van der Waals surface area contributed by atoms with Gasteiger partial charge in [0.15, 0.2) is 6.23 Å². The quantitative estimate of drug-likeness (QED) is 0.0885. The molecule has 0 unspecified atom stereocenters. The van der Waals surface area contributed by atoms with Crippen molar-refractivity contribution in [3.8, 4) is 11.5 Å². The molecule has 5 aromatic rings. The molecular weight excluding hydrogens is 674 g/mol. The second-order valence-electron chi connectivity index (χ2n) is 12.7. The van der Waals surface area contributed by atoms with Crippen LogP contribution >= 0.6 is 0 Å². The topological polar surface area (TPSA) is 130 Å². The lowest BCUT2D eigenvalue weighted by Gasteiger charge is -2.37. The van der Waals surface area contributed by atoms with Crippen molar-refractivity contribution >= 4 is 11.7 Å². The number of methoxy groups -OCH3 is 2. The molecule has 1 aliphatic rings. The first kappa shape index (κ1) is 37.4. The minimum Gasteiger partial charge on any atom is -0.497 e. The number of hydrogen-bond donors (Lipinski definition) is 2. The van der Waals surface area contributed by atoms with Gasteiger partial charge in [-0.25, -0.2) is 4.79 Å². The zero-order valence-electron chi connectivity index (χ0n) is 30.1. The summed E-state index contributed by atoms with van der Waals surface area (Å²) in [6, 6.07) is 35.3. The highest BCUT2D eigenvalue weighted by Crippen LogP contribution is 2.43. The highest BCUT2D eigenvalue weighted by Gasteiger charge is 2.48. The van der Waals surface area contributed by atoms with Crippen LogP contribution < -0.4 is 20.5 Å². The molecule has 1 aromatic heterocycles. The lowest BCUT2D eigenvalue weighted by atomic mass is 9.80. The van der Waals surface area contributed by atoms with Crippen LogP contribution in [0.5, 0.6) is 11.5 Å². The third-order valence-electron chi connectivity index (χ3n) is 9.39. The molecule has 2 N–H and O–H groups in total. The lowest BCUT2D eigenvalue weighted by Crippen LogP contribution is -2.40. The van der Waals surface area contributed by atoms with E-state index in [1.54, 1.807) is 38.5 Å². The van der Waals surface area contributed by atoms with Gasteiger partial charge in [-0.05, 0) is 65.6 Å². The summed E-state index contributed by atoms with van der Waals surface area (Å²) in [6.45, 7) is 2.38. The van der Waals surface area contributed by atoms with Crippen molar-refractivity contribution in [2.24, 2.45) is 0 Å². The Kier molecular flexibility index (Phi) is 12.3. The van der Waals surface area contributed by atoms with Gasteiger partial charge in [0.25, 0.3) is 5.91 Å². The van der Waals surface area contributed by atoms with E-state index in [0.29, 0.717) is 23.7 Å². The van der Waals surface area contributed by atoms with Gasteiger partial charge in [0.05, 0.1) is 20.8 Å². The predicted octanol–water partition coefficient (Wildman–Crippen LogP) is 6.36. The third-order valence-corrected chi connectivity index (χ3v) is 9.39. The van der Waals surface area contributed by atoms with Gasteiger partial charge in [0, 0.05) is 18.4 Å². The van der Waals surface area contributed by atoms with Crippen molar-refractivity contribution in [1.29, 1.82) is 0 Å². The van der Waals surface area contributed by atoms with Crippen molar-refractivity contribution in [1.82, 2.24) is 9.55 Å². The van der Waals surface area contributed by atoms with E-state index in [2.05, 4.69) is 17.2 Å². The average molecular weight is 720 g/mol. The fraction of sp³-hybridized carbons (Fsp3) is 0.310. The van der Waals surface area contributed by atoms with E-state index >= 15 is 0 Å². The van der Waals surface area contributed by atoms with Crippen LogP contribution in [0.1, 0.15) is 59.5 Å². The summed E-state index contributed by atoms with van der Waals surface area (Å²) in [5, 5.41) is 14.5. The molecule has 11 heteroatoms. The van der Waals surface area contributed by atoms with Gasteiger partial charge in [0.1, 0.15) is 41.2 Å². The van der Waals surface area contributed by atoms with Gasteiger partial charge in [0.2, 0.25) is 0 Å². The second kappa shape index (κ2) is 17.5. The second-order valence-corrected chi connectivity index (χ2v) is 12.7. The van der Waals surface area contributed by atoms with Crippen LogP contribution in [0.4, 0.5) is 5.82 Å². The smallest absolute Gasteiger partial charge is 0.351 e. The van der Waals surface area contributed by atoms with E-state index in [0.717, 1.165) is 36.0 Å². The molecule has 6 rings (SSSR count). The van der Waals surface area contributed by atoms with Gasteiger partial charge >= 0.3 is 5.69 Å². The summed E-state index contributed by atoms with van der Waals surface area (Å²) in [5.41, 5.74) is 1.08. The monoisotopic (exact) mass is 719 g/mol. The molecule has 4 atom stereocenters. The van der Waals surface area contributed by atoms with Crippen LogP contribution in [0.2, 0.25) is 0 Å². The first-order valence-corrected chi connectivity index (χ1v) is 17.8. The largest absolute Gasteiger partial charge is 0.497 e. The molecule has 1 amide bonds. The van der Waals surface area contributed by atoms with Crippen LogP contribution in [0, 0.1) is 0 Å². The molecule has 0 saturated carbocycles. The first-order valence-electron chi connectivity index (χ1n) is 17.8. The van der Waals surface area contributed by atoms with E-state index in [-0.39, 0.29) is 12.4 Å². The molecule has 2 heterocycles. The summed E-state index contributed by atoms with van der Waals surface area (Å²) in [6.07, 6.45) is 0.210. The van der Waals surface area contributed by atoms with Crippen molar-refractivity contribution in [2.45, 2.75) is 56.3 Å². The summed E-state index contributed by atoms with van der Waals surface area (Å²) < 4.78 is 32.0. The minimum absolute atomic E-state index is 0.0766. The van der Waals surface area contributed by atoms with Gasteiger partial charge < -0.3 is 34.1 Å². The van der Waals surface area contributed by atoms with Gasteiger partial charge in [-0.2, -0.15) is 4.98 Å². The number of carbonyl (C=O) groups is 1. The lowest BCUT2D eigenvalue weighted by molar-refractivity contribution is -0.0982. The van der Waals surface area contributed by atoms with Crippen LogP contribution in [-0.4, -0.2) is 66.3 Å². The molecule has 53 heavy (non-hydrogen) atoms. The number of benzene rings is 4. The fourth-order valence-corrected chi connectivity index (χ4v) is 6.57. The van der Waals surface area contributed by atoms with E-state index in [4.69, 9.17) is 23.7 Å². The average Bonchev–Trinajstić information content (AvgIpc) is 3.51. The molecule has 0 aliphatic carbocycles. The SMILES string of the molecule is CCCCCO[C@@H]1[C@H](O)[C@@H](COC(c2ccccc2)(c2ccc(OC)cc2)c2ccc(OC)cc2)O[C@H]1n1ccc(NC(=O)c2ccccc2)nc1=O. The van der Waals surface area contributed by atoms with Crippen molar-refractivity contribution in [3.63, 3.8) is 0 Å². The number of nitrogens with zero attached hydrogens (tertiary/aromatic N) is 2. The van der Waals surface area contributed by atoms with Crippen molar-refractivity contribution in [3.05, 3.63) is 154 Å². The Morgan fingerprint density at radius 3 is 1.98 bits per heavy atom. The highest BCUT2D eigenvalue weighted by molar-refractivity contribution is 6.03. The maximum absolute atomic E-state index is 13.5. The van der Waals surface area contributed by atoms with Gasteiger partial charge in [-0.15, -0.1) is 0 Å². The third kappa shape index (κ3) is 8.34. The van der Waals surface area contributed by atoms with E-state index in [1.807, 2.05) is 84.9 Å². The normalized spacial score (nSPS) is 18.4. The Labute approximate surface area is 309 Å². The Bertz CT molecular complexity index is 1920. The molecule has 1 saturated heterocycles. The van der Waals surface area contributed by atoms with Crippen LogP contribution in [0.3, 0.4) is 0 Å². The van der Waals surface area contributed by atoms with E-state index in [1.165, 1.54) is 16.8 Å². The van der Waals surface area contributed by atoms with E-state index in [9.17, 15) is 14.7 Å². The minimum atomic E-state index is -1.16. The van der Waals surface area contributed by atoms with Crippen LogP contribution in [-0.2, 0) is 19.8 Å². The zero-order valence-corrected chi connectivity index (χ0v) is 30.1. The molecule has 0 bridgehead atoms. The number of aromatic nitrogens is 2. The van der Waals surface area contributed by atoms with E-state index < -0.39 is 41.7 Å². The number of hydrogen-bond acceptors (Lipinski definition) is 9. The fourth-order valence-electron chi connectivity index (χ4n) is 6.57. The number of rotatable bonds is 16. The molecule has 276 valence electrons. The Morgan fingerprint density at radius 1 is 0.830 bits per heavy atom. The van der Waals surface area contributed by atoms with Crippen LogP contribution in [0.25, 0.3) is 0 Å². The Morgan fingerprint density at radius 2 is 1.42 bits per heavy atom. The molecule has 0 spiro atoms. The van der Waals surface area contributed by atoms with Gasteiger partial charge in [-0.3, -0.25) is 9.36 Å². The number of carbonyl (C=O) groups excluding carboxylic acids is 1. The Balaban J connectivity index is 1.33. The summed E-state index contributed by atoms with van der Waals surface area (Å²) in [4.78, 5) is 30.3. The molecule has 4 aromatic carbocycles. The van der Waals surface area contributed by atoms with Gasteiger partial charge in [-0.1, -0.05) is 92.6 Å². The van der Waals surface area contributed by atoms with Crippen LogP contribution in [0.15, 0.2) is 126 Å². The summed E-state index contributed by atoms with van der Waals surface area (Å²) in [5.74, 6) is 1.07. The number of aliphatic hydroxyl groups is 1. The molecule has 11 nitrogen and oxygen atoms in total. The standard InChI is InChI=1S/C42H45N3O8/c1-4-5-12-27-51-38-37(46)35(53-40(38)45-26-25-36(44-41(45)48)43-39(47)29-13-8-6-9-14-29)28-52-42(30-15-10-7-11-16-30,31-17-21-33(49-2)22-18-31)32-19-23-34(50-3)24-20-32/h6-11,13-26,35,37-38,40,46H,4-5,12,27-28H2,1-3H3,(H,43,44,47,48)/t35-,37-,38-,40-/m1/s1. The molecule has 1 aliphatic heterocycles. The maximum atomic E-state index is 13.5. The summed E-state index contributed by atoms with van der Waals surface area (Å²) in [7, 11) is 3.23. The Hall–Kier alpha value is -5.33. The van der Waals surface area contributed by atoms with Crippen molar-refractivity contribution in [2.75, 3.05) is 32.8 Å². The predicted molar refractivity (Wildman–Crippen MR) is 200 cm³/mol. The number of aliphatic hydroxyl groups excluding tert-OH is 1. The maximum Gasteiger partial charge on any atom is 0.351 e. The number of anilines is 1. The summed E-state index contributed by atoms with van der Waals surface area (Å²) >= 11 is 0. The number of ether oxygens (including phenoxy) is 5. The van der Waals surface area contributed by atoms with Crippen molar-refractivity contribution < 1.29 is 33.6 Å². The number of amides is 1. The highest BCUT2D eigenvalue weighted by atomic mass is 16.6.